The maximum atomic E-state index is 12.3. The van der Waals surface area contributed by atoms with Crippen molar-refractivity contribution in [3.05, 3.63) is 34.0 Å². The lowest BCUT2D eigenvalue weighted by Gasteiger charge is -2.07. The molecule has 0 radical (unpaired) electrons. The largest absolute Gasteiger partial charge is 0.368 e. The number of fused-ring (bicyclic) bond motifs is 1. The van der Waals surface area contributed by atoms with Crippen LogP contribution >= 0.6 is 27.5 Å². The summed E-state index contributed by atoms with van der Waals surface area (Å²) in [4.78, 5) is 5.58. The highest BCUT2D eigenvalue weighted by Crippen LogP contribution is 2.29. The zero-order valence-corrected chi connectivity index (χ0v) is 13.9. The molecule has 0 spiro atoms. The van der Waals surface area contributed by atoms with Crippen molar-refractivity contribution in [3.63, 3.8) is 0 Å². The minimum absolute atomic E-state index is 0.0873. The summed E-state index contributed by atoms with van der Waals surface area (Å²) in [6, 6.07) is 4.79. The Morgan fingerprint density at radius 3 is 2.70 bits per heavy atom. The van der Waals surface area contributed by atoms with Crippen LogP contribution in [0.5, 0.6) is 0 Å². The van der Waals surface area contributed by atoms with Crippen molar-refractivity contribution >= 4 is 54.7 Å². The monoisotopic (exact) mass is 375 g/mol. The van der Waals surface area contributed by atoms with Crippen molar-refractivity contribution in [2.75, 3.05) is 14.1 Å². The van der Waals surface area contributed by atoms with E-state index in [-0.39, 0.29) is 10.0 Å². The molecular formula is C12H11BrClN3O2S. The molecule has 20 heavy (non-hydrogen) atoms. The van der Waals surface area contributed by atoms with Gasteiger partial charge >= 0.3 is 0 Å². The maximum Gasteiger partial charge on any atom is 0.284 e. The molecule has 0 aliphatic carbocycles. The molecule has 2 rings (SSSR count). The van der Waals surface area contributed by atoms with Gasteiger partial charge in [0, 0.05) is 35.5 Å². The smallest absolute Gasteiger partial charge is 0.284 e. The van der Waals surface area contributed by atoms with Crippen molar-refractivity contribution in [2.24, 2.45) is 4.40 Å². The third-order valence-electron chi connectivity index (χ3n) is 2.42. The normalized spacial score (nSPS) is 12.2. The SMILES string of the molecule is CN(C)/C=N/S(=O)(=O)c1cc(Br)cc2cnc(Cl)cc12. The van der Waals surface area contributed by atoms with Gasteiger partial charge in [-0.15, -0.1) is 4.40 Å². The molecule has 1 heterocycles. The van der Waals surface area contributed by atoms with Crippen molar-refractivity contribution in [3.8, 4) is 0 Å². The van der Waals surface area contributed by atoms with Gasteiger partial charge in [-0.25, -0.2) is 4.98 Å². The van der Waals surface area contributed by atoms with Gasteiger partial charge in [0.1, 0.15) is 11.5 Å². The number of hydrogen-bond acceptors (Lipinski definition) is 3. The van der Waals surface area contributed by atoms with E-state index in [1.165, 1.54) is 24.7 Å². The summed E-state index contributed by atoms with van der Waals surface area (Å²) < 4.78 is 28.9. The predicted octanol–water partition coefficient (Wildman–Crippen LogP) is 2.93. The van der Waals surface area contributed by atoms with Gasteiger partial charge < -0.3 is 4.90 Å². The van der Waals surface area contributed by atoms with E-state index in [9.17, 15) is 8.42 Å². The van der Waals surface area contributed by atoms with Crippen LogP contribution in [-0.2, 0) is 10.0 Å². The van der Waals surface area contributed by atoms with Crippen molar-refractivity contribution < 1.29 is 8.42 Å². The van der Waals surface area contributed by atoms with Crippen molar-refractivity contribution in [1.82, 2.24) is 9.88 Å². The Kier molecular flexibility index (Phi) is 4.31. The summed E-state index contributed by atoms with van der Waals surface area (Å²) in [7, 11) is -0.423. The Hall–Kier alpha value is -1.18. The molecular weight excluding hydrogens is 366 g/mol. The van der Waals surface area contributed by atoms with Crippen LogP contribution in [-0.4, -0.2) is 38.7 Å². The molecule has 8 heteroatoms. The zero-order chi connectivity index (χ0) is 14.9. The fourth-order valence-corrected chi connectivity index (χ4v) is 3.53. The third kappa shape index (κ3) is 3.28. The molecule has 0 saturated carbocycles. The highest BCUT2D eigenvalue weighted by atomic mass is 79.9. The van der Waals surface area contributed by atoms with Crippen LogP contribution in [0.15, 0.2) is 38.2 Å². The molecule has 0 aliphatic heterocycles. The van der Waals surface area contributed by atoms with Gasteiger partial charge in [-0.05, 0) is 18.2 Å². The van der Waals surface area contributed by atoms with Gasteiger partial charge in [-0.3, -0.25) is 0 Å². The summed E-state index contributed by atoms with van der Waals surface area (Å²) in [5, 5.41) is 1.39. The average molecular weight is 377 g/mol. The number of sulfonamides is 1. The number of halogens is 2. The minimum Gasteiger partial charge on any atom is -0.368 e. The number of nitrogens with zero attached hydrogens (tertiary/aromatic N) is 3. The number of aromatic nitrogens is 1. The first-order chi connectivity index (χ1) is 9.29. The van der Waals surface area contributed by atoms with Crippen LogP contribution in [0.25, 0.3) is 10.8 Å². The Labute approximate surface area is 130 Å². The number of benzene rings is 1. The molecule has 0 N–H and O–H groups in total. The van der Waals surface area contributed by atoms with Gasteiger partial charge in [0.25, 0.3) is 10.0 Å². The average Bonchev–Trinajstić information content (AvgIpc) is 2.36. The Balaban J connectivity index is 2.73. The van der Waals surface area contributed by atoms with Gasteiger partial charge in [0.15, 0.2) is 0 Å². The van der Waals surface area contributed by atoms with Crippen LogP contribution < -0.4 is 0 Å². The highest BCUT2D eigenvalue weighted by molar-refractivity contribution is 9.10. The van der Waals surface area contributed by atoms with Gasteiger partial charge in [0.05, 0.1) is 4.90 Å². The lowest BCUT2D eigenvalue weighted by atomic mass is 10.2. The molecule has 5 nitrogen and oxygen atoms in total. The first-order valence-electron chi connectivity index (χ1n) is 5.51. The summed E-state index contributed by atoms with van der Waals surface area (Å²) in [6.45, 7) is 0. The highest BCUT2D eigenvalue weighted by Gasteiger charge is 2.17. The second-order valence-corrected chi connectivity index (χ2v) is 7.20. The Morgan fingerprint density at radius 1 is 1.35 bits per heavy atom. The molecule has 0 atom stereocenters. The lowest BCUT2D eigenvalue weighted by molar-refractivity contribution is 0.595. The molecule has 1 aromatic carbocycles. The second-order valence-electron chi connectivity index (χ2n) is 4.29. The zero-order valence-electron chi connectivity index (χ0n) is 10.7. The van der Waals surface area contributed by atoms with E-state index in [0.717, 1.165) is 0 Å². The number of rotatable bonds is 3. The second kappa shape index (κ2) is 5.67. The quantitative estimate of drug-likeness (QED) is 0.469. The minimum atomic E-state index is -3.81. The van der Waals surface area contributed by atoms with Crippen LogP contribution in [0.3, 0.4) is 0 Å². The summed E-state index contributed by atoms with van der Waals surface area (Å²) in [5.74, 6) is 0. The molecule has 106 valence electrons. The van der Waals surface area contributed by atoms with Crippen LogP contribution in [0.2, 0.25) is 5.15 Å². The topological polar surface area (TPSA) is 62.6 Å². The third-order valence-corrected chi connectivity index (χ3v) is 4.35. The molecule has 0 bridgehead atoms. The summed E-state index contributed by atoms with van der Waals surface area (Å²) in [5.41, 5.74) is 0. The predicted molar refractivity (Wildman–Crippen MR) is 83.8 cm³/mol. The first-order valence-corrected chi connectivity index (χ1v) is 8.12. The Morgan fingerprint density at radius 2 is 2.05 bits per heavy atom. The molecule has 2 aromatic rings. The van der Waals surface area contributed by atoms with E-state index in [1.807, 2.05) is 0 Å². The van der Waals surface area contributed by atoms with Crippen LogP contribution in [0.4, 0.5) is 0 Å². The fourth-order valence-electron chi connectivity index (χ4n) is 1.59. The van der Waals surface area contributed by atoms with Crippen LogP contribution in [0, 0.1) is 0 Å². The molecule has 0 saturated heterocycles. The molecule has 0 unspecified atom stereocenters. The van der Waals surface area contributed by atoms with E-state index < -0.39 is 10.0 Å². The fraction of sp³-hybridized carbons (Fsp3) is 0.167. The van der Waals surface area contributed by atoms with E-state index in [0.29, 0.717) is 15.2 Å². The lowest BCUT2D eigenvalue weighted by Crippen LogP contribution is -2.10. The first kappa shape index (κ1) is 15.2. The molecule has 0 aliphatic rings. The molecule has 0 fully saturated rings. The van der Waals surface area contributed by atoms with Gasteiger partial charge in [-0.1, -0.05) is 27.5 Å². The van der Waals surface area contributed by atoms with E-state index in [1.54, 1.807) is 25.1 Å². The van der Waals surface area contributed by atoms with Gasteiger partial charge in [-0.2, -0.15) is 8.42 Å². The van der Waals surface area contributed by atoms with E-state index >= 15 is 0 Å². The van der Waals surface area contributed by atoms with E-state index in [4.69, 9.17) is 11.6 Å². The van der Waals surface area contributed by atoms with Crippen molar-refractivity contribution in [2.45, 2.75) is 4.90 Å². The van der Waals surface area contributed by atoms with E-state index in [2.05, 4.69) is 25.3 Å². The summed E-state index contributed by atoms with van der Waals surface area (Å²) >= 11 is 9.13. The number of pyridine rings is 1. The molecule has 0 amide bonds. The number of hydrogen-bond donors (Lipinski definition) is 0. The van der Waals surface area contributed by atoms with Crippen LogP contribution in [0.1, 0.15) is 0 Å². The Bertz CT molecular complexity index is 791. The maximum absolute atomic E-state index is 12.3. The van der Waals surface area contributed by atoms with Gasteiger partial charge in [0.2, 0.25) is 0 Å². The van der Waals surface area contributed by atoms with Crippen molar-refractivity contribution in [1.29, 1.82) is 0 Å². The standard InChI is InChI=1S/C12H11BrClN3O2S/c1-17(2)7-16-20(18,19)11-4-9(13)3-8-6-15-12(14)5-10(8)11/h3-7H,1-2H3/b16-7+. The molecule has 1 aromatic heterocycles. The summed E-state index contributed by atoms with van der Waals surface area (Å²) in [6.07, 6.45) is 2.77.